The van der Waals surface area contributed by atoms with Gasteiger partial charge in [-0.1, -0.05) is 60.3 Å². The van der Waals surface area contributed by atoms with E-state index in [1.807, 2.05) is 46.7 Å². The summed E-state index contributed by atoms with van der Waals surface area (Å²) in [5.74, 6) is -0.667. The van der Waals surface area contributed by atoms with Crippen LogP contribution in [-0.2, 0) is 20.9 Å². The number of carbonyl (C=O) groups excluding carboxylic acids is 2. The number of nitrogens with one attached hydrogen (secondary N) is 1. The Labute approximate surface area is 207 Å². The van der Waals surface area contributed by atoms with Gasteiger partial charge in [0.05, 0.1) is 36.0 Å². The highest BCUT2D eigenvalue weighted by Crippen LogP contribution is 2.46. The largest absolute Gasteiger partial charge is 0.458 e. The maximum Gasteiger partial charge on any atom is 0.338 e. The summed E-state index contributed by atoms with van der Waals surface area (Å²) in [6.45, 7) is 5.79. The number of hydrogen-bond acceptors (Lipinski definition) is 7. The summed E-state index contributed by atoms with van der Waals surface area (Å²) in [5.41, 5.74) is 3.14. The van der Waals surface area contributed by atoms with Gasteiger partial charge in [-0.25, -0.2) is 9.79 Å². The topological polar surface area (TPSA) is 83.9 Å². The van der Waals surface area contributed by atoms with Crippen molar-refractivity contribution in [1.82, 2.24) is 15.2 Å². The van der Waals surface area contributed by atoms with Crippen molar-refractivity contribution in [2.75, 3.05) is 6.61 Å². The highest BCUT2D eigenvalue weighted by atomic mass is 35.5. The van der Waals surface area contributed by atoms with Crippen LogP contribution in [0.2, 0.25) is 5.02 Å². The van der Waals surface area contributed by atoms with E-state index in [4.69, 9.17) is 16.3 Å². The molecular weight excluding hydrogens is 472 g/mol. The highest BCUT2D eigenvalue weighted by molar-refractivity contribution is 8.16. The molecule has 0 unspecified atom stereocenters. The number of amidine groups is 1. The molecule has 0 saturated heterocycles. The molecule has 0 bridgehead atoms. The molecule has 0 spiro atoms. The zero-order valence-corrected chi connectivity index (χ0v) is 20.1. The monoisotopic (exact) mass is 494 g/mol. The van der Waals surface area contributed by atoms with Crippen molar-refractivity contribution >= 4 is 40.4 Å². The quantitative estimate of drug-likeness (QED) is 0.421. The number of aliphatic imine (C=N–C) groups is 1. The molecule has 2 aliphatic heterocycles. The van der Waals surface area contributed by atoms with Gasteiger partial charge in [0.15, 0.2) is 5.17 Å². The number of benzene rings is 1. The minimum absolute atomic E-state index is 0.0782. The number of amides is 1. The minimum atomic E-state index is -0.580. The number of pyridine rings is 1. The minimum Gasteiger partial charge on any atom is -0.458 e. The molecule has 1 aromatic carbocycles. The zero-order valence-electron chi connectivity index (χ0n) is 18.5. The van der Waals surface area contributed by atoms with Crippen LogP contribution in [0, 0.1) is 0 Å². The summed E-state index contributed by atoms with van der Waals surface area (Å²) in [6, 6.07) is 12.3. The van der Waals surface area contributed by atoms with Gasteiger partial charge in [0, 0.05) is 16.9 Å². The molecular formula is C25H23ClN4O3S. The Kier molecular flexibility index (Phi) is 7.49. The molecule has 0 fully saturated rings. The van der Waals surface area contributed by atoms with Crippen LogP contribution in [0.25, 0.3) is 0 Å². The van der Waals surface area contributed by atoms with Gasteiger partial charge in [-0.3, -0.25) is 9.78 Å². The van der Waals surface area contributed by atoms with Crippen molar-refractivity contribution in [3.05, 3.63) is 100.0 Å². The summed E-state index contributed by atoms with van der Waals surface area (Å²) in [6.07, 6.45) is 3.30. The van der Waals surface area contributed by atoms with Crippen molar-refractivity contribution in [3.63, 3.8) is 0 Å². The first-order valence-electron chi connectivity index (χ1n) is 10.6. The van der Waals surface area contributed by atoms with Crippen LogP contribution in [-0.4, -0.2) is 33.5 Å². The summed E-state index contributed by atoms with van der Waals surface area (Å²) in [7, 11) is 0. The summed E-state index contributed by atoms with van der Waals surface area (Å²) >= 11 is 7.98. The molecule has 7 nitrogen and oxygen atoms in total. The second-order valence-electron chi connectivity index (χ2n) is 7.58. The number of carbonyl (C=O) groups is 2. The Morgan fingerprint density at radius 3 is 2.79 bits per heavy atom. The van der Waals surface area contributed by atoms with Crippen LogP contribution in [0.3, 0.4) is 0 Å². The first-order chi connectivity index (χ1) is 16.5. The van der Waals surface area contributed by atoms with Crippen LogP contribution in [0.1, 0.15) is 30.6 Å². The first kappa shape index (κ1) is 23.8. The van der Waals surface area contributed by atoms with E-state index in [1.165, 1.54) is 17.8 Å². The molecule has 0 saturated carbocycles. The van der Waals surface area contributed by atoms with E-state index >= 15 is 0 Å². The summed E-state index contributed by atoms with van der Waals surface area (Å²) in [5, 5.41) is 5.96. The van der Waals surface area contributed by atoms with Crippen LogP contribution in [0.15, 0.2) is 88.7 Å². The lowest BCUT2D eigenvalue weighted by Crippen LogP contribution is -2.38. The first-order valence-corrected chi connectivity index (χ1v) is 11.9. The molecule has 34 heavy (non-hydrogen) atoms. The van der Waals surface area contributed by atoms with Crippen molar-refractivity contribution < 1.29 is 14.3 Å². The van der Waals surface area contributed by atoms with Gasteiger partial charge in [0.2, 0.25) is 5.91 Å². The third-order valence-electron chi connectivity index (χ3n) is 5.29. The molecule has 0 aliphatic carbocycles. The van der Waals surface area contributed by atoms with Gasteiger partial charge >= 0.3 is 5.97 Å². The smallest absolute Gasteiger partial charge is 0.338 e. The van der Waals surface area contributed by atoms with Gasteiger partial charge in [-0.05, 0) is 36.1 Å². The lowest BCUT2D eigenvalue weighted by molar-refractivity contribution is -0.138. The van der Waals surface area contributed by atoms with E-state index in [0.29, 0.717) is 33.7 Å². The van der Waals surface area contributed by atoms with Crippen molar-refractivity contribution in [2.24, 2.45) is 4.99 Å². The van der Waals surface area contributed by atoms with E-state index in [0.717, 1.165) is 11.3 Å². The summed E-state index contributed by atoms with van der Waals surface area (Å²) in [4.78, 5) is 36.6. The molecule has 4 rings (SSSR count). The SMILES string of the molecule is C=CCOC(=O)C1=C(C)N=C2SC=C(CC(=O)NCc3ccccn3)N2[C@@H]1c1ccccc1Cl. The Morgan fingerprint density at radius 1 is 1.26 bits per heavy atom. The summed E-state index contributed by atoms with van der Waals surface area (Å²) < 4.78 is 5.38. The lowest BCUT2D eigenvalue weighted by atomic mass is 9.93. The maximum absolute atomic E-state index is 13.1. The van der Waals surface area contributed by atoms with Crippen LogP contribution in [0.4, 0.5) is 0 Å². The predicted molar refractivity (Wildman–Crippen MR) is 134 cm³/mol. The number of fused-ring (bicyclic) bond motifs is 1. The number of thioether (sulfide) groups is 1. The van der Waals surface area contributed by atoms with Gasteiger partial charge in [-0.15, -0.1) is 0 Å². The van der Waals surface area contributed by atoms with Gasteiger partial charge in [0.25, 0.3) is 0 Å². The fourth-order valence-corrected chi connectivity index (χ4v) is 4.96. The fraction of sp³-hybridized carbons (Fsp3) is 0.200. The average molecular weight is 495 g/mol. The van der Waals surface area contributed by atoms with E-state index in [1.54, 1.807) is 19.2 Å². The molecule has 1 aromatic heterocycles. The second kappa shape index (κ2) is 10.7. The molecule has 1 N–H and O–H groups in total. The average Bonchev–Trinajstić information content (AvgIpc) is 3.23. The molecule has 174 valence electrons. The van der Waals surface area contributed by atoms with Crippen molar-refractivity contribution in [2.45, 2.75) is 25.9 Å². The number of hydrogen-bond donors (Lipinski definition) is 1. The van der Waals surface area contributed by atoms with E-state index in [2.05, 4.69) is 21.9 Å². The Balaban J connectivity index is 1.62. The van der Waals surface area contributed by atoms with Gasteiger partial charge in [-0.2, -0.15) is 0 Å². The van der Waals surface area contributed by atoms with E-state index in [9.17, 15) is 9.59 Å². The molecule has 2 aliphatic rings. The molecule has 0 radical (unpaired) electrons. The standard InChI is InChI=1S/C25H23ClN4O3S/c1-3-12-33-24(32)22-16(2)29-25-30(23(22)19-9-4-5-10-20(19)26)18(15-34-25)13-21(31)28-14-17-8-6-7-11-27-17/h3-11,15,23H,1,12-14H2,2H3,(H,28,31)/t23-/m1/s1. The lowest BCUT2D eigenvalue weighted by Gasteiger charge is -2.36. The third-order valence-corrected chi connectivity index (χ3v) is 6.52. The van der Waals surface area contributed by atoms with Crippen LogP contribution >= 0.6 is 23.4 Å². The number of ether oxygens (including phenoxy) is 1. The Morgan fingerprint density at radius 2 is 2.06 bits per heavy atom. The van der Waals surface area contributed by atoms with Crippen LogP contribution < -0.4 is 5.32 Å². The molecule has 1 atom stereocenters. The Hall–Kier alpha value is -3.36. The van der Waals surface area contributed by atoms with E-state index in [-0.39, 0.29) is 18.9 Å². The number of nitrogens with zero attached hydrogens (tertiary/aromatic N) is 3. The number of rotatable bonds is 8. The molecule has 3 heterocycles. The Bertz CT molecular complexity index is 1210. The highest BCUT2D eigenvalue weighted by Gasteiger charge is 2.41. The fourth-order valence-electron chi connectivity index (χ4n) is 3.75. The zero-order chi connectivity index (χ0) is 24.1. The van der Waals surface area contributed by atoms with Crippen molar-refractivity contribution in [1.29, 1.82) is 0 Å². The second-order valence-corrected chi connectivity index (χ2v) is 8.82. The number of halogens is 1. The normalized spacial score (nSPS) is 17.0. The van der Waals surface area contributed by atoms with Gasteiger partial charge < -0.3 is 15.0 Å². The number of esters is 1. The predicted octanol–water partition coefficient (Wildman–Crippen LogP) is 4.75. The molecule has 2 aromatic rings. The third kappa shape index (κ3) is 5.08. The van der Waals surface area contributed by atoms with Crippen LogP contribution in [0.5, 0.6) is 0 Å². The number of aromatic nitrogens is 1. The molecule has 1 amide bonds. The van der Waals surface area contributed by atoms with Crippen molar-refractivity contribution in [3.8, 4) is 0 Å². The number of allylic oxidation sites excluding steroid dienone is 1. The van der Waals surface area contributed by atoms with E-state index < -0.39 is 12.0 Å². The maximum atomic E-state index is 13.1. The van der Waals surface area contributed by atoms with Gasteiger partial charge in [0.1, 0.15) is 6.61 Å². The molecule has 9 heteroatoms.